The third kappa shape index (κ3) is 4.14. The van der Waals surface area contributed by atoms with E-state index in [9.17, 15) is 10.1 Å². The molecule has 0 spiro atoms. The number of Topliss-reactive ketones (excluding diaryl/α,β-unsaturated/α-hetero) is 1. The van der Waals surface area contributed by atoms with Crippen LogP contribution >= 0.6 is 23.1 Å². The molecule has 0 saturated heterocycles. The number of nitrogens with two attached hydrogens (primary N) is 1. The van der Waals surface area contributed by atoms with Gasteiger partial charge in [-0.15, -0.1) is 10.2 Å². The molecule has 1 aromatic heterocycles. The summed E-state index contributed by atoms with van der Waals surface area (Å²) in [5.74, 6) is 1.63. The summed E-state index contributed by atoms with van der Waals surface area (Å²) in [6.07, 6.45) is 1.00. The smallest absolute Gasteiger partial charge is 0.219 e. The van der Waals surface area contributed by atoms with Gasteiger partial charge in [0.25, 0.3) is 0 Å². The van der Waals surface area contributed by atoms with Crippen molar-refractivity contribution in [1.82, 2.24) is 10.2 Å². The van der Waals surface area contributed by atoms with Gasteiger partial charge in [-0.2, -0.15) is 5.26 Å². The maximum Gasteiger partial charge on any atom is 0.219 e. The van der Waals surface area contributed by atoms with E-state index in [1.54, 1.807) is 36.9 Å². The van der Waals surface area contributed by atoms with E-state index in [2.05, 4.69) is 30.1 Å². The fourth-order valence-electron chi connectivity index (χ4n) is 4.57. The lowest BCUT2D eigenvalue weighted by Gasteiger charge is -2.42. The number of nitriles is 1. The van der Waals surface area contributed by atoms with Gasteiger partial charge in [0, 0.05) is 17.7 Å². The predicted octanol–water partition coefficient (Wildman–Crippen LogP) is 4.61. The Hall–Kier alpha value is -3.03. The molecule has 0 fully saturated rings. The number of nitrogens with zero attached hydrogens (tertiary/aromatic N) is 4. The Kier molecular flexibility index (Phi) is 6.60. The van der Waals surface area contributed by atoms with Crippen molar-refractivity contribution in [3.05, 3.63) is 46.4 Å². The third-order valence-electron chi connectivity index (χ3n) is 5.98. The molecule has 1 atom stereocenters. The number of rotatable bonds is 6. The Bertz CT molecular complexity index is 1240. The van der Waals surface area contributed by atoms with Crippen LogP contribution in [0.5, 0.6) is 11.5 Å². The van der Waals surface area contributed by atoms with Crippen LogP contribution in [0.1, 0.15) is 45.1 Å². The number of thioether (sulfide) groups is 1. The van der Waals surface area contributed by atoms with Crippen LogP contribution in [0.2, 0.25) is 0 Å². The molecule has 1 unspecified atom stereocenters. The summed E-state index contributed by atoms with van der Waals surface area (Å²) in [5, 5.41) is 19.4. The number of hydrogen-bond acceptors (Lipinski definition) is 10. The van der Waals surface area contributed by atoms with Gasteiger partial charge in [0.2, 0.25) is 5.13 Å². The van der Waals surface area contributed by atoms with E-state index in [1.165, 1.54) is 11.3 Å². The fourth-order valence-corrected chi connectivity index (χ4v) is 6.35. The summed E-state index contributed by atoms with van der Waals surface area (Å²) in [6, 6.07) is 7.72. The summed E-state index contributed by atoms with van der Waals surface area (Å²) in [5.41, 5.74) is 8.81. The van der Waals surface area contributed by atoms with Crippen molar-refractivity contribution in [3.8, 4) is 17.6 Å². The molecule has 0 amide bonds. The zero-order chi connectivity index (χ0) is 24.6. The van der Waals surface area contributed by atoms with Crippen LogP contribution in [0, 0.1) is 16.7 Å². The number of allylic oxidation sites excluding steroid dienone is 3. The molecule has 2 heterocycles. The molecule has 1 aliphatic heterocycles. The molecule has 0 bridgehead atoms. The van der Waals surface area contributed by atoms with Crippen molar-refractivity contribution in [2.45, 2.75) is 43.9 Å². The first kappa shape index (κ1) is 24.1. The second-order valence-corrected chi connectivity index (χ2v) is 11.3. The molecule has 8 nitrogen and oxygen atoms in total. The van der Waals surface area contributed by atoms with E-state index >= 15 is 0 Å². The SMILES string of the molecule is CCSc1nnc(N2C(N)=C(C#N)C(c3ccc(OC)c(OC)c3)C3=C2CC(C)(C)CC3=O)s1. The Labute approximate surface area is 207 Å². The number of methoxy groups -OCH3 is 2. The lowest BCUT2D eigenvalue weighted by Crippen LogP contribution is -2.42. The van der Waals surface area contributed by atoms with Crippen molar-refractivity contribution in [3.63, 3.8) is 0 Å². The number of carbonyl (C=O) groups excluding carboxylic acids is 1. The minimum atomic E-state index is -0.600. The molecule has 10 heteroatoms. The van der Waals surface area contributed by atoms with Crippen LogP contribution in [-0.4, -0.2) is 36.0 Å². The van der Waals surface area contributed by atoms with E-state index in [-0.39, 0.29) is 17.0 Å². The second-order valence-electron chi connectivity index (χ2n) is 8.88. The van der Waals surface area contributed by atoms with Crippen LogP contribution in [0.4, 0.5) is 5.13 Å². The Morgan fingerprint density at radius 2 is 2.00 bits per heavy atom. The molecule has 0 radical (unpaired) electrons. The molecule has 34 heavy (non-hydrogen) atoms. The van der Waals surface area contributed by atoms with Gasteiger partial charge >= 0.3 is 0 Å². The normalized spacial score (nSPS) is 19.7. The highest BCUT2D eigenvalue weighted by Crippen LogP contribution is 2.51. The zero-order valence-electron chi connectivity index (χ0n) is 19.8. The summed E-state index contributed by atoms with van der Waals surface area (Å²) >= 11 is 3.00. The number of ether oxygens (including phenoxy) is 2. The molecule has 0 saturated carbocycles. The third-order valence-corrected chi connectivity index (χ3v) is 7.90. The van der Waals surface area contributed by atoms with E-state index in [1.807, 2.05) is 19.1 Å². The highest BCUT2D eigenvalue weighted by atomic mass is 32.2. The van der Waals surface area contributed by atoms with Crippen LogP contribution in [0.25, 0.3) is 0 Å². The Morgan fingerprint density at radius 1 is 1.26 bits per heavy atom. The van der Waals surface area contributed by atoms with Crippen LogP contribution in [-0.2, 0) is 4.79 Å². The monoisotopic (exact) mass is 497 g/mol. The minimum Gasteiger partial charge on any atom is -0.493 e. The highest BCUT2D eigenvalue weighted by molar-refractivity contribution is 8.01. The van der Waals surface area contributed by atoms with E-state index < -0.39 is 5.92 Å². The van der Waals surface area contributed by atoms with Gasteiger partial charge in [-0.05, 0) is 35.3 Å². The molecule has 4 rings (SSSR count). The topological polar surface area (TPSA) is 114 Å². The zero-order valence-corrected chi connectivity index (χ0v) is 21.5. The number of aromatic nitrogens is 2. The molecular formula is C24H27N5O3S2. The molecule has 2 N–H and O–H groups in total. The predicted molar refractivity (Wildman–Crippen MR) is 133 cm³/mol. The van der Waals surface area contributed by atoms with Gasteiger partial charge < -0.3 is 15.2 Å². The summed E-state index contributed by atoms with van der Waals surface area (Å²) in [7, 11) is 3.12. The van der Waals surface area contributed by atoms with Gasteiger partial charge in [-0.25, -0.2) is 0 Å². The fraction of sp³-hybridized carbons (Fsp3) is 0.417. The van der Waals surface area contributed by atoms with Gasteiger partial charge in [-0.1, -0.05) is 49.9 Å². The van der Waals surface area contributed by atoms with Crippen LogP contribution in [0.15, 0.2) is 45.2 Å². The molecular weight excluding hydrogens is 470 g/mol. The van der Waals surface area contributed by atoms with Gasteiger partial charge in [0.05, 0.1) is 31.8 Å². The van der Waals surface area contributed by atoms with Gasteiger partial charge in [0.15, 0.2) is 21.6 Å². The van der Waals surface area contributed by atoms with Crippen molar-refractivity contribution in [1.29, 1.82) is 5.26 Å². The number of ketones is 1. The Morgan fingerprint density at radius 3 is 2.65 bits per heavy atom. The lowest BCUT2D eigenvalue weighted by molar-refractivity contribution is -0.118. The first-order valence-electron chi connectivity index (χ1n) is 10.9. The molecule has 1 aromatic carbocycles. The summed E-state index contributed by atoms with van der Waals surface area (Å²) in [4.78, 5) is 15.4. The first-order valence-corrected chi connectivity index (χ1v) is 12.7. The van der Waals surface area contributed by atoms with Gasteiger partial charge in [0.1, 0.15) is 5.82 Å². The Balaban J connectivity index is 1.95. The summed E-state index contributed by atoms with van der Waals surface area (Å²) in [6.45, 7) is 6.18. The molecule has 178 valence electrons. The van der Waals surface area contributed by atoms with Crippen molar-refractivity contribution >= 4 is 34.0 Å². The number of benzene rings is 1. The lowest BCUT2D eigenvalue weighted by atomic mass is 9.68. The maximum atomic E-state index is 13.6. The largest absolute Gasteiger partial charge is 0.493 e. The summed E-state index contributed by atoms with van der Waals surface area (Å²) < 4.78 is 11.7. The van der Waals surface area contributed by atoms with Crippen molar-refractivity contribution in [2.75, 3.05) is 24.9 Å². The van der Waals surface area contributed by atoms with E-state index in [0.717, 1.165) is 21.4 Å². The maximum absolute atomic E-state index is 13.6. The van der Waals surface area contributed by atoms with Gasteiger partial charge in [-0.3, -0.25) is 9.69 Å². The average Bonchev–Trinajstić information content (AvgIpc) is 3.25. The quantitative estimate of drug-likeness (QED) is 0.571. The standard InChI is InChI=1S/C24H27N5O3S2/c1-6-33-23-28-27-22(34-23)29-15-10-24(2,3)11-16(30)20(15)19(14(12-25)21(29)26)13-7-8-17(31-4)18(9-13)32-5/h7-9,19H,6,10-11,26H2,1-5H3. The molecule has 2 aromatic rings. The van der Waals surface area contributed by atoms with Crippen LogP contribution in [0.3, 0.4) is 0 Å². The van der Waals surface area contributed by atoms with Crippen LogP contribution < -0.4 is 20.1 Å². The number of hydrogen-bond donors (Lipinski definition) is 1. The van der Waals surface area contributed by atoms with Crippen molar-refractivity contribution < 1.29 is 14.3 Å². The second kappa shape index (κ2) is 9.31. The minimum absolute atomic E-state index is 0.00366. The average molecular weight is 498 g/mol. The van der Waals surface area contributed by atoms with E-state index in [4.69, 9.17) is 15.2 Å². The molecule has 1 aliphatic carbocycles. The van der Waals surface area contributed by atoms with Crippen molar-refractivity contribution in [2.24, 2.45) is 11.1 Å². The number of anilines is 1. The van der Waals surface area contributed by atoms with E-state index in [0.29, 0.717) is 40.6 Å². The first-order chi connectivity index (χ1) is 16.2. The molecule has 2 aliphatic rings. The highest BCUT2D eigenvalue weighted by Gasteiger charge is 2.45. The number of carbonyl (C=O) groups is 1.